The van der Waals surface area contributed by atoms with E-state index in [1.165, 1.54) is 24.3 Å². The fourth-order valence-corrected chi connectivity index (χ4v) is 5.30. The van der Waals surface area contributed by atoms with Gasteiger partial charge in [0.15, 0.2) is 0 Å². The Kier molecular flexibility index (Phi) is 8.76. The molecule has 10 heteroatoms. The van der Waals surface area contributed by atoms with Crippen LogP contribution in [0.15, 0.2) is 103 Å². The van der Waals surface area contributed by atoms with Gasteiger partial charge in [0.05, 0.1) is 4.92 Å². The highest BCUT2D eigenvalue weighted by molar-refractivity contribution is 5.89. The molecule has 43 heavy (non-hydrogen) atoms. The largest absolute Gasteiger partial charge is 0.480 e. The highest BCUT2D eigenvalue weighted by atomic mass is 16.6. The molecule has 0 bridgehead atoms. The van der Waals surface area contributed by atoms with Crippen LogP contribution in [0.3, 0.4) is 0 Å². The van der Waals surface area contributed by atoms with Gasteiger partial charge in [0.1, 0.15) is 18.7 Å². The number of carboxylic acids is 1. The van der Waals surface area contributed by atoms with E-state index in [-0.39, 0.29) is 31.1 Å². The predicted molar refractivity (Wildman–Crippen MR) is 159 cm³/mol. The maximum atomic E-state index is 13.4. The first-order chi connectivity index (χ1) is 20.8. The van der Waals surface area contributed by atoms with Crippen molar-refractivity contribution in [3.8, 4) is 11.1 Å². The van der Waals surface area contributed by atoms with Crippen LogP contribution in [0.4, 0.5) is 10.5 Å². The zero-order chi connectivity index (χ0) is 30.3. The number of rotatable bonds is 11. The molecule has 1 aliphatic rings. The summed E-state index contributed by atoms with van der Waals surface area (Å²) >= 11 is 0. The number of nitro groups is 1. The fraction of sp³-hybridized carbons (Fsp3) is 0.182. The molecule has 2 atom stereocenters. The van der Waals surface area contributed by atoms with Crippen molar-refractivity contribution in [3.63, 3.8) is 0 Å². The molecular formula is C33H29N3O7. The van der Waals surface area contributed by atoms with E-state index in [1.807, 2.05) is 54.6 Å². The van der Waals surface area contributed by atoms with E-state index in [0.717, 1.165) is 27.8 Å². The summed E-state index contributed by atoms with van der Waals surface area (Å²) in [5, 5.41) is 25.9. The van der Waals surface area contributed by atoms with Crippen molar-refractivity contribution in [2.45, 2.75) is 30.8 Å². The molecular weight excluding hydrogens is 550 g/mol. The Hall–Kier alpha value is -5.51. The number of aliphatic carboxylic acids is 1. The van der Waals surface area contributed by atoms with Crippen LogP contribution in [0.25, 0.3) is 11.1 Å². The van der Waals surface area contributed by atoms with Gasteiger partial charge in [-0.2, -0.15) is 0 Å². The predicted octanol–water partition coefficient (Wildman–Crippen LogP) is 4.86. The third-order valence-corrected chi connectivity index (χ3v) is 7.44. The molecule has 4 aromatic carbocycles. The lowest BCUT2D eigenvalue weighted by Gasteiger charge is -2.22. The van der Waals surface area contributed by atoms with Crippen LogP contribution in [-0.4, -0.2) is 46.7 Å². The Morgan fingerprint density at radius 3 is 1.86 bits per heavy atom. The number of ether oxygens (including phenoxy) is 1. The highest BCUT2D eigenvalue weighted by Crippen LogP contribution is 2.44. The van der Waals surface area contributed by atoms with E-state index in [4.69, 9.17) is 4.74 Å². The molecule has 0 fully saturated rings. The Morgan fingerprint density at radius 1 is 0.744 bits per heavy atom. The van der Waals surface area contributed by atoms with Gasteiger partial charge in [0, 0.05) is 30.9 Å². The topological polar surface area (TPSA) is 148 Å². The number of carbonyl (C=O) groups excluding carboxylic acids is 2. The van der Waals surface area contributed by atoms with Crippen molar-refractivity contribution < 1.29 is 29.2 Å². The van der Waals surface area contributed by atoms with Gasteiger partial charge in [0.2, 0.25) is 5.91 Å². The summed E-state index contributed by atoms with van der Waals surface area (Å²) in [5.74, 6) is -2.16. The monoisotopic (exact) mass is 579 g/mol. The lowest BCUT2D eigenvalue weighted by molar-refractivity contribution is -0.384. The Balaban J connectivity index is 1.28. The SMILES string of the molecule is O=C(N[C@@H](Cc1ccccc1)C(=O)N[C@@H](Cc1ccc([N+](=O)[O-])cc1)C(=O)O)OCC1c2ccccc2-c2ccccc21. The number of benzene rings is 4. The second kappa shape index (κ2) is 13.0. The summed E-state index contributed by atoms with van der Waals surface area (Å²) in [5.41, 5.74) is 5.37. The van der Waals surface area contributed by atoms with Crippen molar-refractivity contribution in [2.75, 3.05) is 6.61 Å². The smallest absolute Gasteiger partial charge is 0.407 e. The lowest BCUT2D eigenvalue weighted by atomic mass is 9.98. The van der Waals surface area contributed by atoms with Gasteiger partial charge in [-0.15, -0.1) is 0 Å². The number of alkyl carbamates (subject to hydrolysis) is 1. The Bertz CT molecular complexity index is 1590. The van der Waals surface area contributed by atoms with E-state index in [0.29, 0.717) is 5.56 Å². The molecule has 1 aliphatic carbocycles. The van der Waals surface area contributed by atoms with Gasteiger partial charge >= 0.3 is 12.1 Å². The number of nitrogens with one attached hydrogen (secondary N) is 2. The Morgan fingerprint density at radius 2 is 1.28 bits per heavy atom. The zero-order valence-corrected chi connectivity index (χ0v) is 23.0. The molecule has 0 saturated heterocycles. The highest BCUT2D eigenvalue weighted by Gasteiger charge is 2.31. The van der Waals surface area contributed by atoms with Crippen molar-refractivity contribution in [1.29, 1.82) is 0 Å². The molecule has 4 aromatic rings. The van der Waals surface area contributed by atoms with Crippen molar-refractivity contribution in [3.05, 3.63) is 135 Å². The summed E-state index contributed by atoms with van der Waals surface area (Å²) in [4.78, 5) is 48.8. The van der Waals surface area contributed by atoms with Gasteiger partial charge in [0.25, 0.3) is 5.69 Å². The molecule has 0 saturated carbocycles. The molecule has 0 spiro atoms. The van der Waals surface area contributed by atoms with Crippen LogP contribution in [0, 0.1) is 10.1 Å². The van der Waals surface area contributed by atoms with E-state index in [9.17, 15) is 29.6 Å². The summed E-state index contributed by atoms with van der Waals surface area (Å²) in [6, 6.07) is 27.8. The van der Waals surface area contributed by atoms with Crippen LogP contribution in [0.1, 0.15) is 28.2 Å². The molecule has 0 heterocycles. The molecule has 0 aliphatic heterocycles. The third-order valence-electron chi connectivity index (χ3n) is 7.44. The summed E-state index contributed by atoms with van der Waals surface area (Å²) < 4.78 is 5.64. The van der Waals surface area contributed by atoms with Gasteiger partial charge in [-0.25, -0.2) is 9.59 Å². The van der Waals surface area contributed by atoms with Crippen molar-refractivity contribution >= 4 is 23.7 Å². The number of fused-ring (bicyclic) bond motifs is 3. The van der Waals surface area contributed by atoms with Gasteiger partial charge in [-0.05, 0) is 33.4 Å². The average molecular weight is 580 g/mol. The number of nitro benzene ring substituents is 1. The van der Waals surface area contributed by atoms with E-state index in [1.54, 1.807) is 24.3 Å². The van der Waals surface area contributed by atoms with Gasteiger partial charge in [-0.3, -0.25) is 14.9 Å². The van der Waals surface area contributed by atoms with Crippen molar-refractivity contribution in [1.82, 2.24) is 10.6 Å². The Labute approximate surface area is 247 Å². The number of hydrogen-bond acceptors (Lipinski definition) is 6. The lowest BCUT2D eigenvalue weighted by Crippen LogP contribution is -2.53. The van der Waals surface area contributed by atoms with E-state index < -0.39 is 35.0 Å². The number of amides is 2. The van der Waals surface area contributed by atoms with Crippen LogP contribution in [-0.2, 0) is 27.2 Å². The van der Waals surface area contributed by atoms with Crippen LogP contribution in [0.2, 0.25) is 0 Å². The standard InChI is InChI=1S/C33H29N3O7/c37-31(34-30(32(38)39)19-22-14-16-23(17-15-22)36(41)42)29(18-21-8-2-1-3-9-21)35-33(40)43-20-28-26-12-6-4-10-24(26)25-11-5-7-13-27(25)28/h1-17,28-30H,18-20H2,(H,34,37)(H,35,40)(H,38,39)/t29-,30-/m0/s1. The van der Waals surface area contributed by atoms with Crippen molar-refractivity contribution in [2.24, 2.45) is 0 Å². The minimum absolute atomic E-state index is 0.0530. The summed E-state index contributed by atoms with van der Waals surface area (Å²) in [7, 11) is 0. The summed E-state index contributed by atoms with van der Waals surface area (Å²) in [6.07, 6.45) is -0.816. The molecule has 0 aromatic heterocycles. The first-order valence-electron chi connectivity index (χ1n) is 13.7. The second-order valence-corrected chi connectivity index (χ2v) is 10.2. The quantitative estimate of drug-likeness (QED) is 0.170. The first-order valence-corrected chi connectivity index (χ1v) is 13.7. The minimum atomic E-state index is -1.34. The molecule has 5 rings (SSSR count). The fourth-order valence-electron chi connectivity index (χ4n) is 5.30. The zero-order valence-electron chi connectivity index (χ0n) is 23.0. The average Bonchev–Trinajstić information content (AvgIpc) is 3.33. The van der Waals surface area contributed by atoms with E-state index >= 15 is 0 Å². The number of nitrogens with zero attached hydrogens (tertiary/aromatic N) is 1. The molecule has 2 amide bonds. The molecule has 0 radical (unpaired) electrons. The normalized spacial score (nSPS) is 13.2. The van der Waals surface area contributed by atoms with Crippen LogP contribution in [0.5, 0.6) is 0 Å². The van der Waals surface area contributed by atoms with Gasteiger partial charge in [-0.1, -0.05) is 91.0 Å². The van der Waals surface area contributed by atoms with Crippen LogP contribution < -0.4 is 10.6 Å². The molecule has 3 N–H and O–H groups in total. The number of carboxylic acid groups (broad SMARTS) is 1. The minimum Gasteiger partial charge on any atom is -0.480 e. The molecule has 218 valence electrons. The molecule has 0 unspecified atom stereocenters. The maximum absolute atomic E-state index is 13.4. The number of hydrogen-bond donors (Lipinski definition) is 3. The van der Waals surface area contributed by atoms with E-state index in [2.05, 4.69) is 10.6 Å². The van der Waals surface area contributed by atoms with Crippen LogP contribution >= 0.6 is 0 Å². The third kappa shape index (κ3) is 6.87. The second-order valence-electron chi connectivity index (χ2n) is 10.2. The molecule has 10 nitrogen and oxygen atoms in total. The summed E-state index contributed by atoms with van der Waals surface area (Å²) in [6.45, 7) is 0.0530. The number of non-ortho nitro benzene ring substituents is 1. The first kappa shape index (κ1) is 29.0. The maximum Gasteiger partial charge on any atom is 0.407 e. The number of carbonyl (C=O) groups is 3. The van der Waals surface area contributed by atoms with Gasteiger partial charge < -0.3 is 20.5 Å².